The van der Waals surface area contributed by atoms with E-state index in [4.69, 9.17) is 4.98 Å². The molecule has 114 valence electrons. The molecular formula is C17H24N2OS. The highest BCUT2D eigenvalue weighted by atomic mass is 32.1. The second-order valence-electron chi connectivity index (χ2n) is 5.60. The smallest absolute Gasteiger partial charge is 0.123 e. The minimum atomic E-state index is 0.329. The summed E-state index contributed by atoms with van der Waals surface area (Å²) in [6, 6.07) is 4.35. The van der Waals surface area contributed by atoms with Gasteiger partial charge in [0.1, 0.15) is 10.8 Å². The van der Waals surface area contributed by atoms with Gasteiger partial charge < -0.3 is 10.4 Å². The Bertz CT molecular complexity index is 611. The van der Waals surface area contributed by atoms with Crippen LogP contribution in [-0.4, -0.2) is 16.6 Å². The zero-order valence-corrected chi connectivity index (χ0v) is 14.3. The standard InChI is InChI=1S/C17H24N2OS/c1-6-7-18-12(4)16-13(5)19-17(21-16)14-8-10(2)15(20)11(3)9-14/h8-9,12,18,20H,6-7H2,1-5H3. The van der Waals surface area contributed by atoms with Gasteiger partial charge in [0.25, 0.3) is 0 Å². The first-order valence-corrected chi connectivity index (χ1v) is 8.27. The molecule has 0 fully saturated rings. The lowest BCUT2D eigenvalue weighted by atomic mass is 10.1. The molecule has 2 aromatic rings. The van der Waals surface area contributed by atoms with E-state index in [1.165, 1.54) is 4.88 Å². The summed E-state index contributed by atoms with van der Waals surface area (Å²) in [6.45, 7) is 11.3. The monoisotopic (exact) mass is 304 g/mol. The zero-order chi connectivity index (χ0) is 15.6. The van der Waals surface area contributed by atoms with Crippen molar-refractivity contribution in [1.29, 1.82) is 0 Å². The first-order valence-electron chi connectivity index (χ1n) is 7.45. The fourth-order valence-corrected chi connectivity index (χ4v) is 3.55. The molecule has 1 aromatic heterocycles. The topological polar surface area (TPSA) is 45.1 Å². The van der Waals surface area contributed by atoms with Crippen molar-refractivity contribution in [3.8, 4) is 16.3 Å². The molecule has 0 aliphatic heterocycles. The number of rotatable bonds is 5. The number of hydrogen-bond acceptors (Lipinski definition) is 4. The van der Waals surface area contributed by atoms with E-state index in [1.54, 1.807) is 11.3 Å². The summed E-state index contributed by atoms with van der Waals surface area (Å²) in [6.07, 6.45) is 1.13. The maximum atomic E-state index is 9.90. The van der Waals surface area contributed by atoms with Crippen molar-refractivity contribution in [2.24, 2.45) is 0 Å². The normalized spacial score (nSPS) is 12.6. The van der Waals surface area contributed by atoms with Crippen LogP contribution < -0.4 is 5.32 Å². The van der Waals surface area contributed by atoms with Crippen LogP contribution in [0.2, 0.25) is 0 Å². The second-order valence-corrected chi connectivity index (χ2v) is 6.63. The van der Waals surface area contributed by atoms with E-state index in [0.717, 1.165) is 40.4 Å². The number of nitrogens with one attached hydrogen (secondary N) is 1. The molecule has 1 aromatic carbocycles. The van der Waals surface area contributed by atoms with Crippen LogP contribution >= 0.6 is 11.3 Å². The van der Waals surface area contributed by atoms with Crippen LogP contribution in [-0.2, 0) is 0 Å². The van der Waals surface area contributed by atoms with Crippen LogP contribution in [0, 0.1) is 20.8 Å². The lowest BCUT2D eigenvalue weighted by Crippen LogP contribution is -2.18. The zero-order valence-electron chi connectivity index (χ0n) is 13.4. The third kappa shape index (κ3) is 3.44. The Balaban J connectivity index is 2.34. The minimum Gasteiger partial charge on any atom is -0.507 e. The highest BCUT2D eigenvalue weighted by molar-refractivity contribution is 7.15. The largest absolute Gasteiger partial charge is 0.507 e. The van der Waals surface area contributed by atoms with Gasteiger partial charge in [0, 0.05) is 16.5 Å². The molecule has 1 heterocycles. The fourth-order valence-electron chi connectivity index (χ4n) is 2.47. The van der Waals surface area contributed by atoms with Crippen LogP contribution in [0.4, 0.5) is 0 Å². The van der Waals surface area contributed by atoms with Gasteiger partial charge in [-0.05, 0) is 63.9 Å². The molecule has 2 N–H and O–H groups in total. The lowest BCUT2D eigenvalue weighted by molar-refractivity contribution is 0.467. The van der Waals surface area contributed by atoms with Crippen molar-refractivity contribution in [2.45, 2.75) is 47.1 Å². The molecule has 0 bridgehead atoms. The molecule has 0 saturated heterocycles. The predicted octanol–water partition coefficient (Wildman–Crippen LogP) is 4.50. The Morgan fingerprint density at radius 2 is 1.86 bits per heavy atom. The Labute approximate surface area is 131 Å². The van der Waals surface area contributed by atoms with Crippen LogP contribution in [0.15, 0.2) is 12.1 Å². The van der Waals surface area contributed by atoms with Crippen LogP contribution in [0.3, 0.4) is 0 Å². The van der Waals surface area contributed by atoms with Crippen molar-refractivity contribution >= 4 is 11.3 Å². The first kappa shape index (κ1) is 16.0. The highest BCUT2D eigenvalue weighted by Gasteiger charge is 2.15. The molecule has 4 heteroatoms. The molecule has 0 aliphatic rings. The van der Waals surface area contributed by atoms with E-state index in [-0.39, 0.29) is 0 Å². The van der Waals surface area contributed by atoms with E-state index in [0.29, 0.717) is 11.8 Å². The summed E-state index contributed by atoms with van der Waals surface area (Å²) in [5.41, 5.74) is 3.98. The second kappa shape index (κ2) is 6.58. The first-order chi connectivity index (χ1) is 9.93. The van der Waals surface area contributed by atoms with Gasteiger partial charge >= 0.3 is 0 Å². The molecule has 0 radical (unpaired) electrons. The molecule has 1 unspecified atom stereocenters. The molecule has 0 aliphatic carbocycles. The summed E-state index contributed by atoms with van der Waals surface area (Å²) in [7, 11) is 0. The summed E-state index contributed by atoms with van der Waals surface area (Å²) in [4.78, 5) is 6.01. The number of aromatic nitrogens is 1. The minimum absolute atomic E-state index is 0.329. The summed E-state index contributed by atoms with van der Waals surface area (Å²) in [5, 5.41) is 14.4. The predicted molar refractivity (Wildman–Crippen MR) is 90.1 cm³/mol. The maximum Gasteiger partial charge on any atom is 0.123 e. The lowest BCUT2D eigenvalue weighted by Gasteiger charge is -2.11. The number of phenols is 1. The quantitative estimate of drug-likeness (QED) is 0.854. The molecular weight excluding hydrogens is 280 g/mol. The Morgan fingerprint density at radius 3 is 2.43 bits per heavy atom. The van der Waals surface area contributed by atoms with E-state index in [9.17, 15) is 5.11 Å². The number of aryl methyl sites for hydroxylation is 3. The number of thiazole rings is 1. The van der Waals surface area contributed by atoms with Crippen molar-refractivity contribution in [2.75, 3.05) is 6.54 Å². The number of benzene rings is 1. The van der Waals surface area contributed by atoms with Gasteiger partial charge in [0.15, 0.2) is 0 Å². The number of nitrogens with zero attached hydrogens (tertiary/aromatic N) is 1. The Morgan fingerprint density at radius 1 is 1.24 bits per heavy atom. The van der Waals surface area contributed by atoms with Crippen molar-refractivity contribution in [3.63, 3.8) is 0 Å². The van der Waals surface area contributed by atoms with Gasteiger partial charge in [0.05, 0.1) is 5.69 Å². The van der Waals surface area contributed by atoms with Gasteiger partial charge in [-0.2, -0.15) is 0 Å². The van der Waals surface area contributed by atoms with Gasteiger partial charge in [0.2, 0.25) is 0 Å². The van der Waals surface area contributed by atoms with Crippen molar-refractivity contribution in [3.05, 3.63) is 33.8 Å². The Kier molecular flexibility index (Phi) is 5.01. The highest BCUT2D eigenvalue weighted by Crippen LogP contribution is 2.34. The average molecular weight is 304 g/mol. The molecule has 3 nitrogen and oxygen atoms in total. The Hall–Kier alpha value is -1.39. The van der Waals surface area contributed by atoms with E-state index in [1.807, 2.05) is 26.0 Å². The SMILES string of the molecule is CCCNC(C)c1sc(-c2cc(C)c(O)c(C)c2)nc1C. The van der Waals surface area contributed by atoms with E-state index >= 15 is 0 Å². The fraction of sp³-hybridized carbons (Fsp3) is 0.471. The van der Waals surface area contributed by atoms with Gasteiger partial charge in [-0.25, -0.2) is 4.98 Å². The van der Waals surface area contributed by atoms with Crippen LogP contribution in [0.25, 0.3) is 10.6 Å². The van der Waals surface area contributed by atoms with Crippen LogP contribution in [0.5, 0.6) is 5.75 Å². The average Bonchev–Trinajstić information content (AvgIpc) is 2.83. The van der Waals surface area contributed by atoms with Gasteiger partial charge in [-0.3, -0.25) is 0 Å². The molecule has 1 atom stereocenters. The van der Waals surface area contributed by atoms with E-state index in [2.05, 4.69) is 26.1 Å². The van der Waals surface area contributed by atoms with Crippen molar-refractivity contribution < 1.29 is 5.11 Å². The number of hydrogen-bond donors (Lipinski definition) is 2. The van der Waals surface area contributed by atoms with E-state index < -0.39 is 0 Å². The summed E-state index contributed by atoms with van der Waals surface area (Å²) >= 11 is 1.74. The van der Waals surface area contributed by atoms with Gasteiger partial charge in [-0.15, -0.1) is 11.3 Å². The van der Waals surface area contributed by atoms with Crippen molar-refractivity contribution in [1.82, 2.24) is 10.3 Å². The van der Waals surface area contributed by atoms with Gasteiger partial charge in [-0.1, -0.05) is 6.92 Å². The number of phenolic OH excluding ortho intramolecular Hbond substituents is 1. The third-order valence-corrected chi connectivity index (χ3v) is 5.05. The molecule has 0 spiro atoms. The molecule has 21 heavy (non-hydrogen) atoms. The third-order valence-electron chi connectivity index (χ3n) is 3.66. The molecule has 2 rings (SSSR count). The number of aromatic hydroxyl groups is 1. The summed E-state index contributed by atoms with van der Waals surface area (Å²) < 4.78 is 0. The molecule has 0 amide bonds. The summed E-state index contributed by atoms with van der Waals surface area (Å²) in [5.74, 6) is 0.380. The van der Waals surface area contributed by atoms with Crippen LogP contribution in [0.1, 0.15) is 48.0 Å². The maximum absolute atomic E-state index is 9.90. The molecule has 0 saturated carbocycles.